The molecule has 0 bridgehead atoms. The first-order valence-electron chi connectivity index (χ1n) is 7.68. The highest BCUT2D eigenvalue weighted by Gasteiger charge is 2.16. The molecule has 0 radical (unpaired) electrons. The number of hydrogen-bond donors (Lipinski definition) is 1. The van der Waals surface area contributed by atoms with Crippen molar-refractivity contribution >= 4 is 5.82 Å². The van der Waals surface area contributed by atoms with Crippen LogP contribution < -0.4 is 5.32 Å². The zero-order valence-corrected chi connectivity index (χ0v) is 12.4. The van der Waals surface area contributed by atoms with Crippen LogP contribution in [0.4, 0.5) is 5.82 Å². The molecule has 1 saturated heterocycles. The van der Waals surface area contributed by atoms with Crippen LogP contribution >= 0.6 is 0 Å². The zero-order valence-electron chi connectivity index (χ0n) is 12.4. The molecule has 1 aromatic heterocycles. The van der Waals surface area contributed by atoms with Crippen LogP contribution in [0.15, 0.2) is 18.2 Å². The molecule has 0 spiro atoms. The molecule has 3 heteroatoms. The summed E-state index contributed by atoms with van der Waals surface area (Å²) in [7, 11) is 1.92. The second-order valence-corrected chi connectivity index (χ2v) is 5.63. The molecule has 1 atom stereocenters. The zero-order chi connectivity index (χ0) is 13.5. The van der Waals surface area contributed by atoms with Crippen LogP contribution in [0, 0.1) is 5.92 Å². The lowest BCUT2D eigenvalue weighted by Crippen LogP contribution is -2.24. The lowest BCUT2D eigenvalue weighted by Gasteiger charge is -2.20. The highest BCUT2D eigenvalue weighted by atomic mass is 15.1. The second kappa shape index (κ2) is 7.49. The third-order valence-corrected chi connectivity index (χ3v) is 4.09. The van der Waals surface area contributed by atoms with Crippen LogP contribution in [0.1, 0.15) is 44.7 Å². The van der Waals surface area contributed by atoms with Gasteiger partial charge in [-0.2, -0.15) is 0 Å². The van der Waals surface area contributed by atoms with Gasteiger partial charge >= 0.3 is 0 Å². The first-order chi connectivity index (χ1) is 9.31. The maximum Gasteiger partial charge on any atom is 0.126 e. The van der Waals surface area contributed by atoms with Crippen molar-refractivity contribution in [3.63, 3.8) is 0 Å². The Kier molecular flexibility index (Phi) is 5.64. The minimum atomic E-state index is 0.951. The van der Waals surface area contributed by atoms with Crippen molar-refractivity contribution in [2.75, 3.05) is 25.5 Å². The highest BCUT2D eigenvalue weighted by molar-refractivity contribution is 5.34. The lowest BCUT2D eigenvalue weighted by atomic mass is 9.96. The number of pyridine rings is 1. The average Bonchev–Trinajstić information content (AvgIpc) is 2.65. The molecule has 1 unspecified atom stereocenters. The molecule has 2 rings (SSSR count). The third kappa shape index (κ3) is 4.50. The van der Waals surface area contributed by atoms with Gasteiger partial charge in [-0.05, 0) is 50.4 Å². The summed E-state index contributed by atoms with van der Waals surface area (Å²) in [5.74, 6) is 1.92. The fourth-order valence-corrected chi connectivity index (χ4v) is 3.02. The van der Waals surface area contributed by atoms with Crippen LogP contribution in [0.25, 0.3) is 0 Å². The van der Waals surface area contributed by atoms with E-state index in [4.69, 9.17) is 0 Å². The van der Waals surface area contributed by atoms with Crippen molar-refractivity contribution in [2.45, 2.75) is 45.6 Å². The predicted octanol–water partition coefficient (Wildman–Crippen LogP) is 3.53. The quantitative estimate of drug-likeness (QED) is 0.879. The number of aromatic nitrogens is 1. The Morgan fingerprint density at radius 1 is 1.32 bits per heavy atom. The summed E-state index contributed by atoms with van der Waals surface area (Å²) in [5, 5.41) is 3.11. The summed E-state index contributed by atoms with van der Waals surface area (Å²) in [5.41, 5.74) is 1.18. The van der Waals surface area contributed by atoms with E-state index in [0.29, 0.717) is 0 Å². The van der Waals surface area contributed by atoms with Gasteiger partial charge in [0, 0.05) is 13.6 Å². The van der Waals surface area contributed by atoms with Gasteiger partial charge in [-0.25, -0.2) is 4.98 Å². The molecule has 1 aliphatic rings. The smallest absolute Gasteiger partial charge is 0.126 e. The number of nitrogens with one attached hydrogen (secondary N) is 1. The molecule has 0 amide bonds. The molecule has 0 aliphatic carbocycles. The van der Waals surface area contributed by atoms with Gasteiger partial charge in [0.2, 0.25) is 0 Å². The normalized spacial score (nSPS) is 21.1. The van der Waals surface area contributed by atoms with E-state index >= 15 is 0 Å². The topological polar surface area (TPSA) is 28.2 Å². The van der Waals surface area contributed by atoms with E-state index in [9.17, 15) is 0 Å². The van der Waals surface area contributed by atoms with Gasteiger partial charge in [0.05, 0.1) is 5.69 Å². The molecule has 19 heavy (non-hydrogen) atoms. The minimum Gasteiger partial charge on any atom is -0.373 e. The second-order valence-electron chi connectivity index (χ2n) is 5.63. The Morgan fingerprint density at radius 2 is 2.21 bits per heavy atom. The fraction of sp³-hybridized carbons (Fsp3) is 0.688. The van der Waals surface area contributed by atoms with E-state index in [-0.39, 0.29) is 0 Å². The molecule has 1 aliphatic heterocycles. The molecule has 0 saturated carbocycles. The van der Waals surface area contributed by atoms with Crippen molar-refractivity contribution < 1.29 is 0 Å². The Labute approximate surface area is 117 Å². The molecular formula is C16H27N3. The highest BCUT2D eigenvalue weighted by Crippen LogP contribution is 2.22. The third-order valence-electron chi connectivity index (χ3n) is 4.09. The Morgan fingerprint density at radius 3 is 3.00 bits per heavy atom. The standard InChI is InChI=1S/C16H27N3/c1-3-6-14-7-5-11-19(12-10-14)13-15-8-4-9-16(17-2)18-15/h4,8-9,14H,3,5-7,10-13H2,1-2H3,(H,17,18). The largest absolute Gasteiger partial charge is 0.373 e. The van der Waals surface area contributed by atoms with E-state index in [0.717, 1.165) is 18.3 Å². The van der Waals surface area contributed by atoms with Crippen LogP contribution in [0.3, 0.4) is 0 Å². The Balaban J connectivity index is 1.88. The van der Waals surface area contributed by atoms with Crippen molar-refractivity contribution in [3.05, 3.63) is 23.9 Å². The minimum absolute atomic E-state index is 0.951. The Hall–Kier alpha value is -1.09. The fourth-order valence-electron chi connectivity index (χ4n) is 3.02. The van der Waals surface area contributed by atoms with Crippen LogP contribution in [-0.2, 0) is 6.54 Å². The van der Waals surface area contributed by atoms with Gasteiger partial charge in [0.25, 0.3) is 0 Å². The summed E-state index contributed by atoms with van der Waals surface area (Å²) in [6.45, 7) is 5.76. The summed E-state index contributed by atoms with van der Waals surface area (Å²) < 4.78 is 0. The Bertz CT molecular complexity index is 378. The lowest BCUT2D eigenvalue weighted by molar-refractivity contribution is 0.268. The van der Waals surface area contributed by atoms with Crippen molar-refractivity contribution in [2.24, 2.45) is 5.92 Å². The summed E-state index contributed by atoms with van der Waals surface area (Å²) in [6, 6.07) is 6.24. The van der Waals surface area contributed by atoms with E-state index < -0.39 is 0 Å². The van der Waals surface area contributed by atoms with Gasteiger partial charge in [0.15, 0.2) is 0 Å². The molecule has 3 nitrogen and oxygen atoms in total. The molecular weight excluding hydrogens is 234 g/mol. The molecule has 2 heterocycles. The van der Waals surface area contributed by atoms with Crippen molar-refractivity contribution in [3.8, 4) is 0 Å². The van der Waals surface area contributed by atoms with Crippen LogP contribution in [0.2, 0.25) is 0 Å². The van der Waals surface area contributed by atoms with E-state index in [2.05, 4.69) is 34.3 Å². The number of hydrogen-bond acceptors (Lipinski definition) is 3. The number of nitrogens with zero attached hydrogens (tertiary/aromatic N) is 2. The van der Waals surface area contributed by atoms with Gasteiger partial charge in [-0.15, -0.1) is 0 Å². The number of rotatable bonds is 5. The van der Waals surface area contributed by atoms with Crippen LogP contribution in [0.5, 0.6) is 0 Å². The van der Waals surface area contributed by atoms with E-state index in [1.165, 1.54) is 50.9 Å². The predicted molar refractivity (Wildman–Crippen MR) is 81.3 cm³/mol. The van der Waals surface area contributed by atoms with Crippen molar-refractivity contribution in [1.29, 1.82) is 0 Å². The van der Waals surface area contributed by atoms with Gasteiger partial charge in [0.1, 0.15) is 5.82 Å². The first kappa shape index (κ1) is 14.3. The van der Waals surface area contributed by atoms with Crippen LogP contribution in [-0.4, -0.2) is 30.0 Å². The van der Waals surface area contributed by atoms with Gasteiger partial charge in [-0.3, -0.25) is 4.90 Å². The maximum atomic E-state index is 4.62. The summed E-state index contributed by atoms with van der Waals surface area (Å²) in [6.07, 6.45) is 6.85. The van der Waals surface area contributed by atoms with Crippen molar-refractivity contribution in [1.82, 2.24) is 9.88 Å². The van der Waals surface area contributed by atoms with E-state index in [1.54, 1.807) is 0 Å². The summed E-state index contributed by atoms with van der Waals surface area (Å²) in [4.78, 5) is 7.19. The van der Waals surface area contributed by atoms with Gasteiger partial charge in [-0.1, -0.05) is 25.8 Å². The number of anilines is 1. The first-order valence-corrected chi connectivity index (χ1v) is 7.68. The molecule has 1 aromatic rings. The average molecular weight is 261 g/mol. The molecule has 0 aromatic carbocycles. The number of likely N-dealkylation sites (tertiary alicyclic amines) is 1. The summed E-state index contributed by atoms with van der Waals surface area (Å²) >= 11 is 0. The van der Waals surface area contributed by atoms with E-state index in [1.807, 2.05) is 13.1 Å². The molecule has 106 valence electrons. The SMILES string of the molecule is CCCC1CCCN(Cc2cccc(NC)n2)CC1. The molecule has 1 N–H and O–H groups in total. The molecule has 1 fully saturated rings. The van der Waals surface area contributed by atoms with Gasteiger partial charge < -0.3 is 5.32 Å². The monoisotopic (exact) mass is 261 g/mol. The maximum absolute atomic E-state index is 4.62.